The molecule has 0 aliphatic heterocycles. The number of carbonyl (C=O) groups is 1. The van der Waals surface area contributed by atoms with Crippen molar-refractivity contribution in [2.45, 2.75) is 43.0 Å². The number of nitrogens with two attached hydrogens (primary N) is 1. The molecule has 6 nitrogen and oxygen atoms in total. The highest BCUT2D eigenvalue weighted by Gasteiger charge is 2.25. The Kier molecular flexibility index (Phi) is 6.41. The zero-order valence-corrected chi connectivity index (χ0v) is 14.1. The molecule has 1 atom stereocenters. The molecular formula is C16H23N3O3S. The van der Waals surface area contributed by atoms with E-state index in [1.165, 1.54) is 37.1 Å². The van der Waals surface area contributed by atoms with Crippen LogP contribution in [0.4, 0.5) is 5.69 Å². The minimum absolute atomic E-state index is 0.0351. The van der Waals surface area contributed by atoms with Gasteiger partial charge in [-0.25, -0.2) is 0 Å². The van der Waals surface area contributed by atoms with Crippen LogP contribution in [0.5, 0.6) is 0 Å². The molecule has 1 aromatic rings. The number of hydrogen-bond acceptors (Lipinski definition) is 5. The molecule has 0 spiro atoms. The molecule has 2 rings (SSSR count). The Bertz CT molecular complexity index is 574. The molecule has 1 aliphatic carbocycles. The molecule has 23 heavy (non-hydrogen) atoms. The van der Waals surface area contributed by atoms with Gasteiger partial charge in [0.05, 0.1) is 9.82 Å². The maximum absolute atomic E-state index is 12.4. The smallest absolute Gasteiger partial charge is 0.283 e. The van der Waals surface area contributed by atoms with E-state index in [1.54, 1.807) is 18.4 Å². The molecule has 7 heteroatoms. The SMILES string of the molecule is CSc1ccc(C(=O)NC(CN)C2CCCCC2)cc1[N+](=O)[O-]. The first-order valence-corrected chi connectivity index (χ1v) is 9.12. The summed E-state index contributed by atoms with van der Waals surface area (Å²) in [6.45, 7) is 0.390. The van der Waals surface area contributed by atoms with Crippen molar-refractivity contribution >= 4 is 23.4 Å². The predicted molar refractivity (Wildman–Crippen MR) is 91.8 cm³/mol. The van der Waals surface area contributed by atoms with Crippen molar-refractivity contribution in [2.24, 2.45) is 11.7 Å². The van der Waals surface area contributed by atoms with Crippen LogP contribution in [0.15, 0.2) is 23.1 Å². The largest absolute Gasteiger partial charge is 0.348 e. The number of nitrogens with zero attached hydrogens (tertiary/aromatic N) is 1. The number of carbonyl (C=O) groups excluding carboxylic acids is 1. The van der Waals surface area contributed by atoms with E-state index in [4.69, 9.17) is 5.73 Å². The van der Waals surface area contributed by atoms with Gasteiger partial charge in [-0.05, 0) is 37.1 Å². The second-order valence-corrected chi connectivity index (χ2v) is 6.71. The van der Waals surface area contributed by atoms with Crippen LogP contribution in [0.2, 0.25) is 0 Å². The third-order valence-electron chi connectivity index (χ3n) is 4.43. The molecule has 126 valence electrons. The van der Waals surface area contributed by atoms with E-state index < -0.39 is 4.92 Å². The third-order valence-corrected chi connectivity index (χ3v) is 5.21. The van der Waals surface area contributed by atoms with E-state index in [9.17, 15) is 14.9 Å². The van der Waals surface area contributed by atoms with Gasteiger partial charge in [0.25, 0.3) is 11.6 Å². The van der Waals surface area contributed by atoms with Crippen molar-refractivity contribution in [1.29, 1.82) is 0 Å². The predicted octanol–water partition coefficient (Wildman–Crippen LogP) is 2.95. The van der Waals surface area contributed by atoms with Crippen LogP contribution >= 0.6 is 11.8 Å². The van der Waals surface area contributed by atoms with Crippen LogP contribution in [0.25, 0.3) is 0 Å². The highest BCUT2D eigenvalue weighted by molar-refractivity contribution is 7.98. The topological polar surface area (TPSA) is 98.3 Å². The maximum Gasteiger partial charge on any atom is 0.283 e. The number of nitro benzene ring substituents is 1. The fourth-order valence-electron chi connectivity index (χ4n) is 3.13. The molecular weight excluding hydrogens is 314 g/mol. The molecule has 1 aromatic carbocycles. The Morgan fingerprint density at radius 3 is 2.70 bits per heavy atom. The third kappa shape index (κ3) is 4.45. The van der Waals surface area contributed by atoms with Crippen LogP contribution in [-0.2, 0) is 0 Å². The highest BCUT2D eigenvalue weighted by atomic mass is 32.2. The molecule has 1 amide bonds. The van der Waals surface area contributed by atoms with Gasteiger partial charge >= 0.3 is 0 Å². The summed E-state index contributed by atoms with van der Waals surface area (Å²) in [5.74, 6) is 0.111. The first-order valence-electron chi connectivity index (χ1n) is 7.90. The highest BCUT2D eigenvalue weighted by Crippen LogP contribution is 2.29. The maximum atomic E-state index is 12.4. The van der Waals surface area contributed by atoms with Gasteiger partial charge in [-0.3, -0.25) is 14.9 Å². The number of thioether (sulfide) groups is 1. The minimum Gasteiger partial charge on any atom is -0.348 e. The van der Waals surface area contributed by atoms with Gasteiger partial charge in [-0.15, -0.1) is 11.8 Å². The van der Waals surface area contributed by atoms with Crippen molar-refractivity contribution in [3.05, 3.63) is 33.9 Å². The Hall–Kier alpha value is -1.60. The minimum atomic E-state index is -0.454. The van der Waals surface area contributed by atoms with Gasteiger partial charge in [0, 0.05) is 24.2 Å². The van der Waals surface area contributed by atoms with Crippen molar-refractivity contribution in [3.63, 3.8) is 0 Å². The van der Waals surface area contributed by atoms with E-state index in [1.807, 2.05) is 0 Å². The van der Waals surface area contributed by atoms with Crippen molar-refractivity contribution in [1.82, 2.24) is 5.32 Å². The zero-order valence-electron chi connectivity index (χ0n) is 13.3. The van der Waals surface area contributed by atoms with Crippen LogP contribution < -0.4 is 11.1 Å². The Labute approximate surface area is 140 Å². The summed E-state index contributed by atoms with van der Waals surface area (Å²) in [4.78, 5) is 23.7. The Morgan fingerprint density at radius 1 is 1.43 bits per heavy atom. The number of amides is 1. The van der Waals surface area contributed by atoms with Gasteiger partial charge in [0.1, 0.15) is 0 Å². The van der Waals surface area contributed by atoms with Crippen LogP contribution in [0.1, 0.15) is 42.5 Å². The quantitative estimate of drug-likeness (QED) is 0.472. The first-order chi connectivity index (χ1) is 11.1. The normalized spacial score (nSPS) is 16.8. The molecule has 1 fully saturated rings. The molecule has 0 bridgehead atoms. The first kappa shape index (κ1) is 17.7. The van der Waals surface area contributed by atoms with E-state index in [0.29, 0.717) is 22.9 Å². The van der Waals surface area contributed by atoms with Crippen molar-refractivity contribution < 1.29 is 9.72 Å². The van der Waals surface area contributed by atoms with Gasteiger partial charge in [-0.2, -0.15) is 0 Å². The molecule has 0 radical (unpaired) electrons. The second-order valence-electron chi connectivity index (χ2n) is 5.86. The lowest BCUT2D eigenvalue weighted by Crippen LogP contribution is -2.45. The van der Waals surface area contributed by atoms with E-state index in [0.717, 1.165) is 12.8 Å². The van der Waals surface area contributed by atoms with Crippen molar-refractivity contribution in [2.75, 3.05) is 12.8 Å². The molecule has 1 aliphatic rings. The lowest BCUT2D eigenvalue weighted by atomic mass is 9.84. The Balaban J connectivity index is 2.12. The summed E-state index contributed by atoms with van der Waals surface area (Å²) in [6.07, 6.45) is 7.51. The summed E-state index contributed by atoms with van der Waals surface area (Å²) in [6, 6.07) is 4.52. The standard InChI is InChI=1S/C16H23N3O3S/c1-23-15-8-7-12(9-14(15)19(21)22)16(20)18-13(10-17)11-5-3-2-4-6-11/h7-9,11,13H,2-6,10,17H2,1H3,(H,18,20). The van der Waals surface area contributed by atoms with Crippen LogP contribution in [0.3, 0.4) is 0 Å². The number of benzene rings is 1. The summed E-state index contributed by atoms with van der Waals surface area (Å²) >= 11 is 1.29. The molecule has 0 saturated heterocycles. The molecule has 1 saturated carbocycles. The summed E-state index contributed by atoms with van der Waals surface area (Å²) in [5, 5.41) is 14.1. The average Bonchev–Trinajstić information content (AvgIpc) is 2.59. The van der Waals surface area contributed by atoms with Gasteiger partial charge in [-0.1, -0.05) is 19.3 Å². The number of rotatable bonds is 6. The number of nitro groups is 1. The summed E-state index contributed by atoms with van der Waals surface area (Å²) in [5.41, 5.74) is 6.10. The van der Waals surface area contributed by atoms with Gasteiger partial charge in [0.2, 0.25) is 0 Å². The van der Waals surface area contributed by atoms with E-state index >= 15 is 0 Å². The van der Waals surface area contributed by atoms with Gasteiger partial charge < -0.3 is 11.1 Å². The summed E-state index contributed by atoms with van der Waals surface area (Å²) < 4.78 is 0. The second kappa shape index (κ2) is 8.31. The lowest BCUT2D eigenvalue weighted by Gasteiger charge is -2.30. The zero-order chi connectivity index (χ0) is 16.8. The number of hydrogen-bond donors (Lipinski definition) is 2. The van der Waals surface area contributed by atoms with Crippen LogP contribution in [0, 0.1) is 16.0 Å². The molecule has 1 unspecified atom stereocenters. The fourth-order valence-corrected chi connectivity index (χ4v) is 3.68. The average molecular weight is 337 g/mol. The molecule has 0 heterocycles. The summed E-state index contributed by atoms with van der Waals surface area (Å²) in [7, 11) is 0. The molecule has 0 aromatic heterocycles. The van der Waals surface area contributed by atoms with Crippen LogP contribution in [-0.4, -0.2) is 29.7 Å². The van der Waals surface area contributed by atoms with E-state index in [-0.39, 0.29) is 17.6 Å². The molecule has 3 N–H and O–H groups in total. The van der Waals surface area contributed by atoms with Crippen molar-refractivity contribution in [3.8, 4) is 0 Å². The monoisotopic (exact) mass is 337 g/mol. The Morgan fingerprint density at radius 2 is 2.13 bits per heavy atom. The lowest BCUT2D eigenvalue weighted by molar-refractivity contribution is -0.387. The fraction of sp³-hybridized carbons (Fsp3) is 0.562. The number of nitrogens with one attached hydrogen (secondary N) is 1. The van der Waals surface area contributed by atoms with E-state index in [2.05, 4.69) is 5.32 Å². The van der Waals surface area contributed by atoms with Gasteiger partial charge in [0.15, 0.2) is 0 Å².